The maximum Gasteiger partial charge on any atom is 0.338 e. The molecule has 38 heavy (non-hydrogen) atoms. The van der Waals surface area contributed by atoms with Crippen molar-refractivity contribution in [1.82, 2.24) is 9.55 Å². The van der Waals surface area contributed by atoms with Gasteiger partial charge in [-0.05, 0) is 55.8 Å². The van der Waals surface area contributed by atoms with E-state index in [-0.39, 0.29) is 40.0 Å². The van der Waals surface area contributed by atoms with Gasteiger partial charge in [-0.15, -0.1) is 0 Å². The van der Waals surface area contributed by atoms with Gasteiger partial charge in [-0.25, -0.2) is 9.79 Å². The fourth-order valence-electron chi connectivity index (χ4n) is 4.13. The average molecular weight is 551 g/mol. The number of nitro groups is 1. The average Bonchev–Trinajstić information content (AvgIpc) is 3.49. The Kier molecular flexibility index (Phi) is 6.79. The van der Waals surface area contributed by atoms with E-state index in [9.17, 15) is 19.7 Å². The molecule has 1 aromatic carbocycles. The lowest BCUT2D eigenvalue weighted by Gasteiger charge is -2.22. The molecule has 1 aliphatic rings. The molecule has 1 aliphatic heterocycles. The van der Waals surface area contributed by atoms with Crippen LogP contribution in [0.4, 0.5) is 5.69 Å². The monoisotopic (exact) mass is 550 g/mol. The van der Waals surface area contributed by atoms with Crippen molar-refractivity contribution in [3.63, 3.8) is 0 Å². The van der Waals surface area contributed by atoms with Gasteiger partial charge in [0.05, 0.1) is 32.4 Å². The number of pyridine rings is 1. The van der Waals surface area contributed by atoms with E-state index >= 15 is 0 Å². The van der Waals surface area contributed by atoms with Gasteiger partial charge in [0.15, 0.2) is 4.80 Å². The molecule has 0 unspecified atom stereocenters. The number of fused-ring (bicyclic) bond motifs is 1. The number of allylic oxidation sites excluding steroid dienone is 1. The highest BCUT2D eigenvalue weighted by Gasteiger charge is 2.35. The molecule has 192 valence electrons. The van der Waals surface area contributed by atoms with Crippen LogP contribution in [0.5, 0.6) is 0 Å². The van der Waals surface area contributed by atoms with Crippen molar-refractivity contribution < 1.29 is 18.9 Å². The third-order valence-corrected chi connectivity index (χ3v) is 7.16. The maximum atomic E-state index is 13.6. The Bertz CT molecular complexity index is 1790. The number of benzene rings is 1. The molecule has 0 radical (unpaired) electrons. The molecule has 0 spiro atoms. The number of aromatic nitrogens is 2. The molecule has 1 atom stereocenters. The zero-order chi connectivity index (χ0) is 27.0. The van der Waals surface area contributed by atoms with Crippen LogP contribution in [0, 0.1) is 10.1 Å². The van der Waals surface area contributed by atoms with E-state index in [1.165, 1.54) is 34.1 Å². The predicted octanol–water partition coefficient (Wildman–Crippen LogP) is 4.01. The Hall–Kier alpha value is -4.35. The number of nitro benzene ring substituents is 1. The molecule has 3 aromatic heterocycles. The van der Waals surface area contributed by atoms with Gasteiger partial charge in [-0.3, -0.25) is 24.5 Å². The number of carbonyl (C=O) groups excluding carboxylic acids is 1. The van der Waals surface area contributed by atoms with Gasteiger partial charge >= 0.3 is 5.97 Å². The third kappa shape index (κ3) is 4.57. The van der Waals surface area contributed by atoms with E-state index in [2.05, 4.69) is 9.98 Å². The first-order valence-corrected chi connectivity index (χ1v) is 12.6. The molecule has 0 aliphatic carbocycles. The van der Waals surface area contributed by atoms with Gasteiger partial charge in [0.2, 0.25) is 0 Å². The van der Waals surface area contributed by atoms with E-state index in [0.717, 1.165) is 5.56 Å². The Morgan fingerprint density at radius 1 is 1.26 bits per heavy atom. The number of rotatable bonds is 6. The molecule has 0 fully saturated rings. The molecule has 0 amide bonds. The number of hydrogen-bond donors (Lipinski definition) is 0. The van der Waals surface area contributed by atoms with E-state index < -0.39 is 16.9 Å². The van der Waals surface area contributed by atoms with Crippen molar-refractivity contribution in [2.45, 2.75) is 19.9 Å². The molecule has 4 heterocycles. The summed E-state index contributed by atoms with van der Waals surface area (Å²) in [6.07, 6.45) is 4.97. The Morgan fingerprint density at radius 3 is 2.74 bits per heavy atom. The summed E-state index contributed by atoms with van der Waals surface area (Å²) in [6, 6.07) is 9.77. The number of thiazole rings is 1. The fraction of sp³-hybridized carbons (Fsp3) is 0.154. The molecular weight excluding hydrogens is 532 g/mol. The molecule has 4 aromatic rings. The highest BCUT2D eigenvalue weighted by molar-refractivity contribution is 7.07. The topological polar surface area (TPSA) is 130 Å². The van der Waals surface area contributed by atoms with E-state index in [1.54, 1.807) is 56.6 Å². The highest BCUT2D eigenvalue weighted by Crippen LogP contribution is 2.37. The summed E-state index contributed by atoms with van der Waals surface area (Å²) in [5, 5.41) is 11.5. The molecule has 0 saturated heterocycles. The summed E-state index contributed by atoms with van der Waals surface area (Å²) in [5.74, 6) is -0.143. The smallest absolute Gasteiger partial charge is 0.338 e. The fourth-order valence-corrected chi connectivity index (χ4v) is 5.39. The zero-order valence-corrected chi connectivity index (χ0v) is 21.7. The minimum Gasteiger partial charge on any atom is -0.463 e. The van der Waals surface area contributed by atoms with Gasteiger partial charge in [0, 0.05) is 30.1 Å². The number of nitrogens with zero attached hydrogens (tertiary/aromatic N) is 4. The number of hydrogen-bond acceptors (Lipinski definition) is 9. The van der Waals surface area contributed by atoms with Gasteiger partial charge in [-0.1, -0.05) is 22.9 Å². The number of ether oxygens (including phenoxy) is 1. The summed E-state index contributed by atoms with van der Waals surface area (Å²) < 4.78 is 13.2. The van der Waals surface area contributed by atoms with Gasteiger partial charge in [-0.2, -0.15) is 0 Å². The SMILES string of the molecule is CCOC(=O)C1=C(C)N=c2s/c(=C\c3ccncc3)c(=O)n2[C@@H]1c1ccc(-c2cc([N+](=O)[O-])ccc2Cl)o1. The summed E-state index contributed by atoms with van der Waals surface area (Å²) in [5.41, 5.74) is 1.10. The number of halogens is 1. The first-order chi connectivity index (χ1) is 18.3. The Labute approximate surface area is 224 Å². The van der Waals surface area contributed by atoms with Crippen molar-refractivity contribution in [2.75, 3.05) is 6.61 Å². The van der Waals surface area contributed by atoms with E-state index in [1.807, 2.05) is 0 Å². The standard InChI is InChI=1S/C26H19ClN4O6S/c1-3-36-25(33)22-14(2)29-26-30(24(32)21(38-26)12-15-8-10-28-11-9-15)23(22)20-7-6-19(37-20)17-13-16(31(34)35)4-5-18(17)27/h4-13,23H,3H2,1-2H3/b21-12-/t23-/m1/s1. The van der Waals surface area contributed by atoms with Crippen LogP contribution < -0.4 is 14.9 Å². The van der Waals surface area contributed by atoms with Crippen LogP contribution >= 0.6 is 22.9 Å². The van der Waals surface area contributed by atoms with Crippen molar-refractivity contribution in [2.24, 2.45) is 4.99 Å². The lowest BCUT2D eigenvalue weighted by molar-refractivity contribution is -0.384. The third-order valence-electron chi connectivity index (χ3n) is 5.84. The summed E-state index contributed by atoms with van der Waals surface area (Å²) in [4.78, 5) is 46.4. The van der Waals surface area contributed by atoms with E-state index in [4.69, 9.17) is 20.8 Å². The highest BCUT2D eigenvalue weighted by atomic mass is 35.5. The first-order valence-electron chi connectivity index (χ1n) is 11.4. The van der Waals surface area contributed by atoms with Crippen LogP contribution in [-0.4, -0.2) is 27.1 Å². The second-order valence-corrected chi connectivity index (χ2v) is 9.62. The predicted molar refractivity (Wildman–Crippen MR) is 140 cm³/mol. The van der Waals surface area contributed by atoms with Crippen LogP contribution in [-0.2, 0) is 9.53 Å². The quantitative estimate of drug-likeness (QED) is 0.201. The summed E-state index contributed by atoms with van der Waals surface area (Å²) in [7, 11) is 0. The summed E-state index contributed by atoms with van der Waals surface area (Å²) >= 11 is 7.50. The van der Waals surface area contributed by atoms with Gasteiger partial charge in [0.1, 0.15) is 17.6 Å². The second-order valence-electron chi connectivity index (χ2n) is 8.21. The zero-order valence-electron chi connectivity index (χ0n) is 20.1. The summed E-state index contributed by atoms with van der Waals surface area (Å²) in [6.45, 7) is 3.48. The minimum atomic E-state index is -0.976. The van der Waals surface area contributed by atoms with Crippen LogP contribution in [0.3, 0.4) is 0 Å². The second kappa shape index (κ2) is 10.2. The van der Waals surface area contributed by atoms with Crippen molar-refractivity contribution in [3.8, 4) is 11.3 Å². The minimum absolute atomic E-state index is 0.126. The Morgan fingerprint density at radius 2 is 2.03 bits per heavy atom. The van der Waals surface area contributed by atoms with Gasteiger partial charge in [0.25, 0.3) is 11.2 Å². The van der Waals surface area contributed by atoms with Crippen molar-refractivity contribution >= 4 is 40.7 Å². The first kappa shape index (κ1) is 25.3. The maximum absolute atomic E-state index is 13.6. The van der Waals surface area contributed by atoms with Crippen LogP contribution in [0.15, 0.2) is 80.3 Å². The number of carbonyl (C=O) groups is 1. The molecule has 5 rings (SSSR count). The van der Waals surface area contributed by atoms with Crippen LogP contribution in [0.25, 0.3) is 17.4 Å². The van der Waals surface area contributed by atoms with Crippen LogP contribution in [0.2, 0.25) is 5.02 Å². The van der Waals surface area contributed by atoms with Crippen molar-refractivity contribution in [3.05, 3.63) is 112 Å². The lowest BCUT2D eigenvalue weighted by atomic mass is 10.0. The number of esters is 1. The van der Waals surface area contributed by atoms with Gasteiger partial charge < -0.3 is 9.15 Å². The lowest BCUT2D eigenvalue weighted by Crippen LogP contribution is -2.39. The van der Waals surface area contributed by atoms with Crippen molar-refractivity contribution in [1.29, 1.82) is 0 Å². The number of non-ortho nitro benzene ring substituents is 1. The normalized spacial score (nSPS) is 15.2. The van der Waals surface area contributed by atoms with Crippen LogP contribution in [0.1, 0.15) is 31.2 Å². The molecule has 10 nitrogen and oxygen atoms in total. The molecular formula is C26H19ClN4O6S. The largest absolute Gasteiger partial charge is 0.463 e. The molecule has 0 saturated carbocycles. The van der Waals surface area contributed by atoms with E-state index in [0.29, 0.717) is 20.6 Å². The molecule has 0 N–H and O–H groups in total. The molecule has 0 bridgehead atoms. The Balaban J connectivity index is 1.70. The number of furan rings is 1. The molecule has 12 heteroatoms.